The Kier molecular flexibility index (Phi) is 4.84. The maximum Gasteiger partial charge on any atom is 0.274 e. The second-order valence-electron chi connectivity index (χ2n) is 6.18. The van der Waals surface area contributed by atoms with Gasteiger partial charge in [0.1, 0.15) is 5.82 Å². The monoisotopic (exact) mass is 341 g/mol. The van der Waals surface area contributed by atoms with Gasteiger partial charge < -0.3 is 5.32 Å². The van der Waals surface area contributed by atoms with Crippen LogP contribution in [-0.4, -0.2) is 10.8 Å². The van der Waals surface area contributed by atoms with Gasteiger partial charge in [-0.2, -0.15) is 5.26 Å². The Morgan fingerprint density at radius 3 is 2.56 bits per heavy atom. The van der Waals surface area contributed by atoms with Crippen molar-refractivity contribution in [2.24, 2.45) is 0 Å². The molecule has 128 valence electrons. The minimum absolute atomic E-state index is 0.0292. The van der Waals surface area contributed by atoms with E-state index in [0.717, 1.165) is 6.07 Å². The summed E-state index contributed by atoms with van der Waals surface area (Å²) in [7, 11) is 0. The largest absolute Gasteiger partial charge is 0.322 e. The highest BCUT2D eigenvalue weighted by Crippen LogP contribution is 2.26. The van der Waals surface area contributed by atoms with Crippen molar-refractivity contribution in [1.82, 2.24) is 0 Å². The SMILES string of the molecule is Cc1ccc(NC(=O)c2cc(F)cc(C(C)(C)C#N)c2)cc1[N+](=O)[O-]. The van der Waals surface area contributed by atoms with Gasteiger partial charge in [0, 0.05) is 22.9 Å². The third kappa shape index (κ3) is 3.98. The first-order chi connectivity index (χ1) is 11.6. The number of nitro benzene ring substituents is 1. The third-order valence-electron chi connectivity index (χ3n) is 3.82. The molecule has 0 aliphatic carbocycles. The van der Waals surface area contributed by atoms with E-state index < -0.39 is 22.1 Å². The summed E-state index contributed by atoms with van der Waals surface area (Å²) < 4.78 is 13.8. The molecule has 0 fully saturated rings. The first kappa shape index (κ1) is 18.1. The van der Waals surface area contributed by atoms with Crippen LogP contribution in [0.5, 0.6) is 0 Å². The number of aryl methyl sites for hydroxylation is 1. The lowest BCUT2D eigenvalue weighted by Gasteiger charge is -2.17. The molecule has 7 heteroatoms. The van der Waals surface area contributed by atoms with Crippen molar-refractivity contribution in [2.45, 2.75) is 26.2 Å². The average molecular weight is 341 g/mol. The van der Waals surface area contributed by atoms with Gasteiger partial charge in [0.05, 0.1) is 16.4 Å². The van der Waals surface area contributed by atoms with E-state index in [9.17, 15) is 24.6 Å². The van der Waals surface area contributed by atoms with Crippen LogP contribution in [-0.2, 0) is 5.41 Å². The molecule has 0 unspecified atom stereocenters. The van der Waals surface area contributed by atoms with Gasteiger partial charge in [-0.15, -0.1) is 0 Å². The molecule has 1 amide bonds. The van der Waals surface area contributed by atoms with Crippen LogP contribution in [0, 0.1) is 34.2 Å². The smallest absolute Gasteiger partial charge is 0.274 e. The lowest BCUT2D eigenvalue weighted by Crippen LogP contribution is -2.18. The Hall–Kier alpha value is -3.27. The quantitative estimate of drug-likeness (QED) is 0.669. The number of rotatable bonds is 4. The predicted octanol–water partition coefficient (Wildman–Crippen LogP) is 4.10. The molecule has 2 aromatic carbocycles. The highest BCUT2D eigenvalue weighted by atomic mass is 19.1. The topological polar surface area (TPSA) is 96.0 Å². The molecule has 0 saturated carbocycles. The highest BCUT2D eigenvalue weighted by molar-refractivity contribution is 6.04. The first-order valence-electron chi connectivity index (χ1n) is 7.43. The Labute approximate surface area is 144 Å². The molecule has 0 bridgehead atoms. The van der Waals surface area contributed by atoms with Crippen LogP contribution in [0.2, 0.25) is 0 Å². The summed E-state index contributed by atoms with van der Waals surface area (Å²) in [5.74, 6) is -1.26. The van der Waals surface area contributed by atoms with Crippen LogP contribution < -0.4 is 5.32 Å². The molecule has 25 heavy (non-hydrogen) atoms. The van der Waals surface area contributed by atoms with Crippen LogP contribution in [0.3, 0.4) is 0 Å². The lowest BCUT2D eigenvalue weighted by atomic mass is 9.85. The number of nitro groups is 1. The number of nitrogens with zero attached hydrogens (tertiary/aromatic N) is 2. The molecule has 0 aromatic heterocycles. The molecule has 0 aliphatic heterocycles. The molecule has 0 heterocycles. The number of carbonyl (C=O) groups is 1. The number of benzene rings is 2. The van der Waals surface area contributed by atoms with Gasteiger partial charge in [-0.25, -0.2) is 4.39 Å². The Morgan fingerprint density at radius 1 is 1.28 bits per heavy atom. The Morgan fingerprint density at radius 2 is 1.96 bits per heavy atom. The van der Waals surface area contributed by atoms with Crippen molar-refractivity contribution in [1.29, 1.82) is 5.26 Å². The minimum atomic E-state index is -0.959. The van der Waals surface area contributed by atoms with Gasteiger partial charge in [-0.1, -0.05) is 6.07 Å². The van der Waals surface area contributed by atoms with Gasteiger partial charge >= 0.3 is 0 Å². The molecule has 0 spiro atoms. The van der Waals surface area contributed by atoms with Crippen LogP contribution in [0.15, 0.2) is 36.4 Å². The van der Waals surface area contributed by atoms with Crippen molar-refractivity contribution in [3.63, 3.8) is 0 Å². The molecule has 1 N–H and O–H groups in total. The third-order valence-corrected chi connectivity index (χ3v) is 3.82. The summed E-state index contributed by atoms with van der Waals surface area (Å²) in [6, 6.07) is 10.0. The summed E-state index contributed by atoms with van der Waals surface area (Å²) in [6.45, 7) is 4.83. The zero-order chi connectivity index (χ0) is 18.8. The number of amides is 1. The van der Waals surface area contributed by atoms with Gasteiger partial charge in [0.2, 0.25) is 0 Å². The molecular formula is C18H16FN3O3. The number of anilines is 1. The maximum absolute atomic E-state index is 13.8. The highest BCUT2D eigenvalue weighted by Gasteiger charge is 2.22. The van der Waals surface area contributed by atoms with Gasteiger partial charge in [0.15, 0.2) is 0 Å². The molecular weight excluding hydrogens is 325 g/mol. The number of nitriles is 1. The Balaban J connectivity index is 2.35. The summed E-state index contributed by atoms with van der Waals surface area (Å²) in [5.41, 5.74) is 0.0131. The summed E-state index contributed by atoms with van der Waals surface area (Å²) in [4.78, 5) is 22.8. The number of hydrogen-bond donors (Lipinski definition) is 1. The summed E-state index contributed by atoms with van der Waals surface area (Å²) in [5, 5.41) is 22.7. The van der Waals surface area contributed by atoms with Crippen molar-refractivity contribution < 1.29 is 14.1 Å². The maximum atomic E-state index is 13.8. The van der Waals surface area contributed by atoms with Crippen LogP contribution >= 0.6 is 0 Å². The normalized spacial score (nSPS) is 10.8. The van der Waals surface area contributed by atoms with Crippen LogP contribution in [0.1, 0.15) is 35.3 Å². The van der Waals surface area contributed by atoms with E-state index in [0.29, 0.717) is 11.1 Å². The molecule has 0 radical (unpaired) electrons. The van der Waals surface area contributed by atoms with E-state index in [2.05, 4.69) is 11.4 Å². The van der Waals surface area contributed by atoms with E-state index in [1.807, 2.05) is 0 Å². The fraction of sp³-hybridized carbons (Fsp3) is 0.222. The second kappa shape index (κ2) is 6.69. The number of carbonyl (C=O) groups excluding carboxylic acids is 1. The molecule has 0 atom stereocenters. The van der Waals surface area contributed by atoms with E-state index in [4.69, 9.17) is 0 Å². The standard InChI is InChI=1S/C18H16FN3O3/c1-11-4-5-15(9-16(11)22(24)25)21-17(23)12-6-13(8-14(19)7-12)18(2,3)10-20/h4-9H,1-3H3,(H,21,23). The van der Waals surface area contributed by atoms with E-state index in [1.165, 1.54) is 30.3 Å². The minimum Gasteiger partial charge on any atom is -0.322 e. The van der Waals surface area contributed by atoms with Crippen molar-refractivity contribution in [3.8, 4) is 6.07 Å². The number of halogens is 1. The number of hydrogen-bond acceptors (Lipinski definition) is 4. The molecule has 2 aromatic rings. The van der Waals surface area contributed by atoms with Crippen molar-refractivity contribution >= 4 is 17.3 Å². The van der Waals surface area contributed by atoms with Crippen molar-refractivity contribution in [2.75, 3.05) is 5.32 Å². The van der Waals surface area contributed by atoms with Gasteiger partial charge in [-0.05, 0) is 50.6 Å². The van der Waals surface area contributed by atoms with Gasteiger partial charge in [0.25, 0.3) is 11.6 Å². The molecule has 6 nitrogen and oxygen atoms in total. The Bertz CT molecular complexity index is 901. The summed E-state index contributed by atoms with van der Waals surface area (Å²) >= 11 is 0. The zero-order valence-electron chi connectivity index (χ0n) is 14.0. The number of nitrogens with one attached hydrogen (secondary N) is 1. The molecule has 2 rings (SSSR count). The fourth-order valence-corrected chi connectivity index (χ4v) is 2.23. The summed E-state index contributed by atoms with van der Waals surface area (Å²) in [6.07, 6.45) is 0. The van der Waals surface area contributed by atoms with E-state index in [-0.39, 0.29) is 16.9 Å². The first-order valence-corrected chi connectivity index (χ1v) is 7.43. The van der Waals surface area contributed by atoms with Crippen LogP contribution in [0.4, 0.5) is 15.8 Å². The zero-order valence-corrected chi connectivity index (χ0v) is 14.0. The molecule has 0 aliphatic rings. The predicted molar refractivity (Wildman–Crippen MR) is 90.8 cm³/mol. The van der Waals surface area contributed by atoms with E-state index in [1.54, 1.807) is 20.8 Å². The van der Waals surface area contributed by atoms with Crippen molar-refractivity contribution in [3.05, 3.63) is 69.0 Å². The average Bonchev–Trinajstić information content (AvgIpc) is 2.55. The molecule has 0 saturated heterocycles. The fourth-order valence-electron chi connectivity index (χ4n) is 2.23. The second-order valence-corrected chi connectivity index (χ2v) is 6.18. The van der Waals surface area contributed by atoms with Gasteiger partial charge in [-0.3, -0.25) is 14.9 Å². The van der Waals surface area contributed by atoms with Crippen LogP contribution in [0.25, 0.3) is 0 Å². The lowest BCUT2D eigenvalue weighted by molar-refractivity contribution is -0.385. The van der Waals surface area contributed by atoms with E-state index >= 15 is 0 Å².